The number of anilines is 1. The van der Waals surface area contributed by atoms with Crippen molar-refractivity contribution < 1.29 is 4.52 Å². The molecule has 3 aromatic rings. The van der Waals surface area contributed by atoms with Gasteiger partial charge in [0.2, 0.25) is 5.82 Å². The molecule has 0 fully saturated rings. The maximum Gasteiger partial charge on any atom is 0.259 e. The van der Waals surface area contributed by atoms with Gasteiger partial charge in [-0.25, -0.2) is 0 Å². The van der Waals surface area contributed by atoms with Crippen molar-refractivity contribution in [2.75, 3.05) is 5.73 Å². The summed E-state index contributed by atoms with van der Waals surface area (Å²) in [4.78, 5) is 4.41. The van der Waals surface area contributed by atoms with E-state index in [-0.39, 0.29) is 0 Å². The Labute approximate surface area is 124 Å². The van der Waals surface area contributed by atoms with Gasteiger partial charge < -0.3 is 10.3 Å². The second-order valence-electron chi connectivity index (χ2n) is 4.49. The summed E-state index contributed by atoms with van der Waals surface area (Å²) in [5.74, 6) is 0.959. The highest BCUT2D eigenvalue weighted by Crippen LogP contribution is 2.30. The second-order valence-corrected chi connectivity index (χ2v) is 5.35. The van der Waals surface area contributed by atoms with Crippen LogP contribution in [0.1, 0.15) is 5.56 Å². The van der Waals surface area contributed by atoms with Gasteiger partial charge in [-0.1, -0.05) is 23.4 Å². The zero-order valence-corrected chi connectivity index (χ0v) is 12.4. The molecule has 5 heteroatoms. The monoisotopic (exact) mass is 329 g/mol. The number of para-hydroxylation sites is 1. The largest absolute Gasteiger partial charge is 0.398 e. The molecule has 0 unspecified atom stereocenters. The third kappa shape index (κ3) is 2.32. The summed E-state index contributed by atoms with van der Waals surface area (Å²) >= 11 is 3.51. The molecule has 0 saturated heterocycles. The van der Waals surface area contributed by atoms with Crippen LogP contribution in [0.4, 0.5) is 5.69 Å². The van der Waals surface area contributed by atoms with Crippen molar-refractivity contribution in [3.05, 3.63) is 52.5 Å². The molecule has 4 nitrogen and oxygen atoms in total. The van der Waals surface area contributed by atoms with Gasteiger partial charge in [-0.2, -0.15) is 4.98 Å². The van der Waals surface area contributed by atoms with Crippen molar-refractivity contribution in [2.24, 2.45) is 0 Å². The van der Waals surface area contributed by atoms with Crippen molar-refractivity contribution in [3.8, 4) is 22.8 Å². The molecule has 0 saturated carbocycles. The minimum absolute atomic E-state index is 0.468. The van der Waals surface area contributed by atoms with Crippen molar-refractivity contribution in [2.45, 2.75) is 6.92 Å². The number of aromatic nitrogens is 2. The molecule has 0 amide bonds. The molecule has 1 aromatic heterocycles. The summed E-state index contributed by atoms with van der Waals surface area (Å²) in [5, 5.41) is 4.00. The molecule has 0 spiro atoms. The fourth-order valence-electron chi connectivity index (χ4n) is 1.94. The lowest BCUT2D eigenvalue weighted by molar-refractivity contribution is 0.432. The molecule has 0 bridgehead atoms. The zero-order valence-electron chi connectivity index (χ0n) is 10.8. The minimum atomic E-state index is 0.468. The molecule has 3 rings (SSSR count). The average Bonchev–Trinajstić information content (AvgIpc) is 2.88. The minimum Gasteiger partial charge on any atom is -0.398 e. The SMILES string of the molecule is Cc1ccc(-c2nc(-c3ccccc3N)no2)c(Br)c1. The van der Waals surface area contributed by atoms with E-state index in [1.807, 2.05) is 49.4 Å². The van der Waals surface area contributed by atoms with Gasteiger partial charge in [-0.05, 0) is 52.7 Å². The molecule has 0 atom stereocenters. The normalized spacial score (nSPS) is 10.7. The van der Waals surface area contributed by atoms with E-state index in [2.05, 4.69) is 26.1 Å². The Morgan fingerprint density at radius 3 is 2.65 bits per heavy atom. The smallest absolute Gasteiger partial charge is 0.259 e. The van der Waals surface area contributed by atoms with Crippen LogP contribution in [0.3, 0.4) is 0 Å². The van der Waals surface area contributed by atoms with Crippen molar-refractivity contribution >= 4 is 21.6 Å². The molecule has 20 heavy (non-hydrogen) atoms. The molecule has 2 N–H and O–H groups in total. The number of aryl methyl sites for hydroxylation is 1. The van der Waals surface area contributed by atoms with E-state index < -0.39 is 0 Å². The van der Waals surface area contributed by atoms with Gasteiger partial charge in [-0.3, -0.25) is 0 Å². The van der Waals surface area contributed by atoms with E-state index in [4.69, 9.17) is 10.3 Å². The first-order valence-electron chi connectivity index (χ1n) is 6.10. The van der Waals surface area contributed by atoms with Crippen LogP contribution < -0.4 is 5.73 Å². The van der Waals surface area contributed by atoms with Crippen LogP contribution in [0.15, 0.2) is 51.5 Å². The summed E-state index contributed by atoms with van der Waals surface area (Å²) in [5.41, 5.74) is 9.34. The van der Waals surface area contributed by atoms with E-state index >= 15 is 0 Å². The van der Waals surface area contributed by atoms with E-state index in [9.17, 15) is 0 Å². The Hall–Kier alpha value is -2.14. The van der Waals surface area contributed by atoms with E-state index in [1.54, 1.807) is 0 Å². The topological polar surface area (TPSA) is 64.9 Å². The lowest BCUT2D eigenvalue weighted by Gasteiger charge is -2.00. The van der Waals surface area contributed by atoms with Gasteiger partial charge in [0.05, 0.1) is 5.56 Å². The molecule has 0 aliphatic carbocycles. The number of nitrogen functional groups attached to an aromatic ring is 1. The van der Waals surface area contributed by atoms with Crippen molar-refractivity contribution in [1.82, 2.24) is 10.1 Å². The van der Waals surface area contributed by atoms with Gasteiger partial charge in [0.1, 0.15) is 0 Å². The zero-order chi connectivity index (χ0) is 14.1. The predicted octanol–water partition coefficient (Wildman–Crippen LogP) is 4.06. The van der Waals surface area contributed by atoms with Crippen LogP contribution in [0.25, 0.3) is 22.8 Å². The molecule has 100 valence electrons. The summed E-state index contributed by atoms with van der Waals surface area (Å²) in [6.07, 6.45) is 0. The highest BCUT2D eigenvalue weighted by molar-refractivity contribution is 9.10. The number of halogens is 1. The Morgan fingerprint density at radius 2 is 1.90 bits per heavy atom. The van der Waals surface area contributed by atoms with Crippen LogP contribution >= 0.6 is 15.9 Å². The van der Waals surface area contributed by atoms with E-state index in [1.165, 1.54) is 0 Å². The quantitative estimate of drug-likeness (QED) is 0.720. The number of hydrogen-bond donors (Lipinski definition) is 1. The summed E-state index contributed by atoms with van der Waals surface area (Å²) in [7, 11) is 0. The highest BCUT2D eigenvalue weighted by atomic mass is 79.9. The first-order valence-corrected chi connectivity index (χ1v) is 6.89. The third-order valence-electron chi connectivity index (χ3n) is 2.98. The predicted molar refractivity (Wildman–Crippen MR) is 82.0 cm³/mol. The lowest BCUT2D eigenvalue weighted by Crippen LogP contribution is -1.90. The highest BCUT2D eigenvalue weighted by Gasteiger charge is 2.14. The molecule has 1 heterocycles. The van der Waals surface area contributed by atoms with Gasteiger partial charge in [0, 0.05) is 15.7 Å². The van der Waals surface area contributed by atoms with Crippen LogP contribution in [-0.2, 0) is 0 Å². The summed E-state index contributed by atoms with van der Waals surface area (Å²) in [6, 6.07) is 13.4. The summed E-state index contributed by atoms with van der Waals surface area (Å²) in [6.45, 7) is 2.03. The standard InChI is InChI=1S/C15H12BrN3O/c1-9-6-7-10(12(16)8-9)15-18-14(19-20-15)11-4-2-3-5-13(11)17/h2-8H,17H2,1H3. The Bertz CT molecular complexity index is 767. The molecule has 0 radical (unpaired) electrons. The van der Waals surface area contributed by atoms with Crippen LogP contribution in [0, 0.1) is 6.92 Å². The molecular weight excluding hydrogens is 318 g/mol. The van der Waals surface area contributed by atoms with Gasteiger partial charge in [0.25, 0.3) is 5.89 Å². The van der Waals surface area contributed by atoms with E-state index in [0.717, 1.165) is 21.2 Å². The Morgan fingerprint density at radius 1 is 1.10 bits per heavy atom. The van der Waals surface area contributed by atoms with Crippen LogP contribution in [0.5, 0.6) is 0 Å². The fraction of sp³-hybridized carbons (Fsp3) is 0.0667. The molecule has 2 aromatic carbocycles. The average molecular weight is 330 g/mol. The number of benzene rings is 2. The third-order valence-corrected chi connectivity index (χ3v) is 3.64. The Balaban J connectivity index is 2.04. The number of hydrogen-bond acceptors (Lipinski definition) is 4. The number of nitrogens with two attached hydrogens (primary N) is 1. The number of nitrogens with zero attached hydrogens (tertiary/aromatic N) is 2. The van der Waals surface area contributed by atoms with Crippen LogP contribution in [-0.4, -0.2) is 10.1 Å². The maximum atomic E-state index is 5.92. The molecule has 0 aliphatic rings. The second kappa shape index (κ2) is 5.09. The molecular formula is C15H12BrN3O. The summed E-state index contributed by atoms with van der Waals surface area (Å²) < 4.78 is 6.26. The van der Waals surface area contributed by atoms with E-state index in [0.29, 0.717) is 17.4 Å². The maximum absolute atomic E-state index is 5.92. The Kier molecular flexibility index (Phi) is 3.28. The fourth-order valence-corrected chi connectivity index (χ4v) is 2.60. The van der Waals surface area contributed by atoms with Gasteiger partial charge in [0.15, 0.2) is 0 Å². The number of rotatable bonds is 2. The first-order chi connectivity index (χ1) is 9.65. The van der Waals surface area contributed by atoms with Gasteiger partial charge in [-0.15, -0.1) is 0 Å². The van der Waals surface area contributed by atoms with Crippen molar-refractivity contribution in [3.63, 3.8) is 0 Å². The molecule has 0 aliphatic heterocycles. The van der Waals surface area contributed by atoms with Crippen LogP contribution in [0.2, 0.25) is 0 Å². The van der Waals surface area contributed by atoms with Crippen molar-refractivity contribution in [1.29, 1.82) is 0 Å². The first kappa shape index (κ1) is 12.9. The lowest BCUT2D eigenvalue weighted by atomic mass is 10.1. The van der Waals surface area contributed by atoms with Gasteiger partial charge >= 0.3 is 0 Å².